The summed E-state index contributed by atoms with van der Waals surface area (Å²) in [5, 5.41) is 53.1. The maximum absolute atomic E-state index is 13.5. The highest BCUT2D eigenvalue weighted by Crippen LogP contribution is 2.70. The van der Waals surface area contributed by atoms with Crippen molar-refractivity contribution in [2.75, 3.05) is 9.80 Å². The van der Waals surface area contributed by atoms with Crippen LogP contribution in [0.2, 0.25) is 0 Å². The van der Waals surface area contributed by atoms with Crippen LogP contribution in [0.5, 0.6) is 11.5 Å². The van der Waals surface area contributed by atoms with Crippen molar-refractivity contribution in [1.29, 1.82) is 0 Å². The van der Waals surface area contributed by atoms with Crippen molar-refractivity contribution in [2.45, 2.75) is 495 Å². The minimum atomic E-state index is -1.19. The molecule has 0 aliphatic heterocycles. The second-order valence-electron chi connectivity index (χ2n) is 58.6. The third-order valence-electron chi connectivity index (χ3n) is 38.6. The van der Waals surface area contributed by atoms with Gasteiger partial charge in [-0.05, 0) is 412 Å². The third kappa shape index (κ3) is 16.1. The molecule has 5 atom stereocenters. The molecule has 0 radical (unpaired) electrons. The number of aliphatic hydroxyl groups excluding tert-OH is 2. The second-order valence-corrected chi connectivity index (χ2v) is 58.6. The Balaban J connectivity index is 0.732. The molecule has 0 spiro atoms. The van der Waals surface area contributed by atoms with E-state index in [1.54, 1.807) is 89.0 Å². The van der Waals surface area contributed by atoms with Gasteiger partial charge in [0.15, 0.2) is 0 Å². The van der Waals surface area contributed by atoms with Crippen molar-refractivity contribution in [3.8, 4) is 56.0 Å². The largest absolute Gasteiger partial charge is 0.508 e. The number of hydrogen-bond donors (Lipinski definition) is 4. The first-order valence-electron chi connectivity index (χ1n) is 56.8. The van der Waals surface area contributed by atoms with Gasteiger partial charge in [-0.25, -0.2) is 0 Å². The maximum atomic E-state index is 13.5. The fraction of sp³-hybridized carbons (Fsp3) is 0.565. The number of aliphatic hydroxyl groups is 2. The molecule has 1 fully saturated rings. The summed E-state index contributed by atoms with van der Waals surface area (Å²) in [6, 6.07) is 50.0. The molecule has 9 aliphatic rings. The number of anilines is 6. The smallest absolute Gasteiger partial charge is 0.121 e. The average molecular weight is 1930 g/mol. The number of rotatable bonds is 24. The minimum Gasteiger partial charge on any atom is -0.508 e. The van der Waals surface area contributed by atoms with Crippen molar-refractivity contribution in [1.82, 2.24) is 0 Å². The van der Waals surface area contributed by atoms with Gasteiger partial charge in [0.2, 0.25) is 0 Å². The Bertz CT molecular complexity index is 5830. The molecule has 6 nitrogen and oxygen atoms in total. The van der Waals surface area contributed by atoms with Crippen LogP contribution in [0.4, 0.5) is 34.1 Å². The molecular weight excluding hydrogens is 1750 g/mol. The zero-order valence-electron chi connectivity index (χ0n) is 96.4. The lowest BCUT2D eigenvalue weighted by molar-refractivity contribution is 0.0944. The van der Waals surface area contributed by atoms with Crippen molar-refractivity contribution < 1.29 is 20.4 Å². The fourth-order valence-corrected chi connectivity index (χ4v) is 36.4. The van der Waals surface area contributed by atoms with E-state index in [1.165, 1.54) is 92.4 Å². The van der Waals surface area contributed by atoms with Crippen LogP contribution in [0.15, 0.2) is 133 Å². The van der Waals surface area contributed by atoms with Gasteiger partial charge in [0.25, 0.3) is 0 Å². The summed E-state index contributed by atoms with van der Waals surface area (Å²) >= 11 is 0. The van der Waals surface area contributed by atoms with Crippen molar-refractivity contribution in [3.63, 3.8) is 0 Å². The van der Waals surface area contributed by atoms with Crippen LogP contribution in [-0.2, 0) is 112 Å². The first-order valence-corrected chi connectivity index (χ1v) is 56.8. The minimum absolute atomic E-state index is 0.00220. The number of phenolic OH excluding ortho intramolecular Hbond substituents is 2. The van der Waals surface area contributed by atoms with Crippen LogP contribution < -0.4 is 9.80 Å². The van der Waals surface area contributed by atoms with E-state index in [1.807, 2.05) is 31.2 Å². The molecule has 0 aromatic heterocycles. The summed E-state index contributed by atoms with van der Waals surface area (Å²) in [5.74, 6) is -2.08. The van der Waals surface area contributed by atoms with Crippen LogP contribution in [0.3, 0.4) is 0 Å². The normalized spacial score (nSPS) is 23.8. The van der Waals surface area contributed by atoms with Gasteiger partial charge in [-0.1, -0.05) is 343 Å². The summed E-state index contributed by atoms with van der Waals surface area (Å²) in [5.41, 5.74) is 48.2. The molecule has 768 valence electrons. The van der Waals surface area contributed by atoms with Gasteiger partial charge in [0, 0.05) is 69.2 Å². The molecule has 144 heavy (non-hydrogen) atoms. The van der Waals surface area contributed by atoms with Crippen LogP contribution in [-0.4, -0.2) is 32.6 Å². The van der Waals surface area contributed by atoms with E-state index in [4.69, 9.17) is 0 Å². The van der Waals surface area contributed by atoms with E-state index in [0.717, 1.165) is 137 Å². The van der Waals surface area contributed by atoms with Crippen molar-refractivity contribution in [3.05, 3.63) is 256 Å². The summed E-state index contributed by atoms with van der Waals surface area (Å²) in [6.07, 6.45) is 20.2. The van der Waals surface area contributed by atoms with E-state index in [9.17, 15) is 20.4 Å². The molecule has 4 N–H and O–H groups in total. The quantitative estimate of drug-likeness (QED) is 0.0482. The first-order chi connectivity index (χ1) is 66.8. The number of hydrogen-bond acceptors (Lipinski definition) is 6. The lowest BCUT2D eigenvalue weighted by atomic mass is 9.71. The highest BCUT2D eigenvalue weighted by atomic mass is 16.3. The molecule has 0 heterocycles. The first kappa shape index (κ1) is 104. The molecule has 1 saturated carbocycles. The highest BCUT2D eigenvalue weighted by molar-refractivity contribution is 5.91. The molecule has 6 heteroatoms. The van der Waals surface area contributed by atoms with Gasteiger partial charge in [0.05, 0.1) is 12.2 Å². The molecule has 0 saturated heterocycles. The predicted octanol–water partition coefficient (Wildman–Crippen LogP) is 37.0. The number of phenols is 2. The Labute approximate surface area is 871 Å². The lowest BCUT2D eigenvalue weighted by Gasteiger charge is -2.33. The Morgan fingerprint density at radius 1 is 0.222 bits per heavy atom. The van der Waals surface area contributed by atoms with Gasteiger partial charge in [0.1, 0.15) is 11.5 Å². The second kappa shape index (κ2) is 34.2. The van der Waals surface area contributed by atoms with Gasteiger partial charge in [-0.3, -0.25) is 0 Å². The molecule has 9 aliphatic carbocycles. The van der Waals surface area contributed by atoms with Gasteiger partial charge >= 0.3 is 0 Å². The molecule has 10 aromatic carbocycles. The fourth-order valence-electron chi connectivity index (χ4n) is 36.4. The molecule has 1 unspecified atom stereocenters. The van der Waals surface area contributed by atoms with Gasteiger partial charge in [-0.2, -0.15) is 0 Å². The average Bonchev–Trinajstić information content (AvgIpc) is 1.53. The van der Waals surface area contributed by atoms with E-state index in [0.29, 0.717) is 11.1 Å². The molecule has 10 aromatic rings. The van der Waals surface area contributed by atoms with E-state index >= 15 is 0 Å². The summed E-state index contributed by atoms with van der Waals surface area (Å²) in [6.45, 7) is 92.0. The van der Waals surface area contributed by atoms with Crippen LogP contribution >= 0.6 is 0 Å². The van der Waals surface area contributed by atoms with Crippen molar-refractivity contribution in [2.24, 2.45) is 5.92 Å². The maximum Gasteiger partial charge on any atom is 0.121 e. The molecule has 0 bridgehead atoms. The van der Waals surface area contributed by atoms with Crippen LogP contribution in [0, 0.1) is 5.92 Å². The van der Waals surface area contributed by atoms with Crippen LogP contribution in [0.1, 0.15) is 493 Å². The Kier molecular flexibility index (Phi) is 24.6. The zero-order chi connectivity index (χ0) is 105. The lowest BCUT2D eigenvalue weighted by Crippen LogP contribution is -2.23. The summed E-state index contributed by atoms with van der Waals surface area (Å²) in [7, 11) is 0. The van der Waals surface area contributed by atoms with E-state index in [2.05, 4.69) is 368 Å². The monoisotopic (exact) mass is 1930 g/mol. The Hall–Kier alpha value is -8.68. The van der Waals surface area contributed by atoms with Crippen LogP contribution in [0.25, 0.3) is 44.5 Å². The summed E-state index contributed by atoms with van der Waals surface area (Å²) < 4.78 is 0. The Morgan fingerprint density at radius 3 is 0.562 bits per heavy atom. The summed E-state index contributed by atoms with van der Waals surface area (Å²) in [4.78, 5) is 4.65. The Morgan fingerprint density at radius 2 is 0.389 bits per heavy atom. The number of fused-ring (bicyclic) bond motifs is 8. The number of unbranched alkanes of at least 4 members (excludes halogenated alkanes) is 4. The van der Waals surface area contributed by atoms with Crippen molar-refractivity contribution >= 4 is 34.1 Å². The van der Waals surface area contributed by atoms with E-state index in [-0.39, 0.29) is 98.1 Å². The number of aromatic hydroxyl groups is 2. The number of nitrogens with zero attached hydrogens (tertiary/aromatic N) is 2. The topological polar surface area (TPSA) is 87.4 Å². The molecular formula is C138H182N2O4. The molecule has 19 rings (SSSR count). The van der Waals surface area contributed by atoms with E-state index < -0.39 is 30.0 Å². The standard InChI is InChI=1S/C138H182N2O4/c1-38-42-46-93-105-113(131(22,23)72-123(105,6)7)100(114-106(93)124(8,9)73-132(114,24)25)81-50-58-85(59-51-81)139(86-60-52-82(53-61-86)101-115-107(125(10,11)74-133(115,26)27)94(47-43-39-2)108-116(101)134(28,29)75-126(108,12)13)89-66-68-91(97(141)70-89)99-80(5)121(143)104(122(99)144)92-69-67-90(71-98(92)142)140(87-62-54-83(55-63-87)102-117-109(127(14,15)76-135(117,30)31)95(48-44-40-3)110-118(102)136(32,33)77-128(110,16)17)88-64-56-84(57-65-88)103-119-111(129(18,19)78-137(119,34)35)96(49-45-41-4)112-120(103)138(36,37)79-130(112,20)21/h50-71,80,99,104,121-122,141-144H,38-49,72-79H2,1-37H3/t80-,99+,104+,121?,122-/m1/s1. The third-order valence-corrected chi connectivity index (χ3v) is 38.6. The highest BCUT2D eigenvalue weighted by Gasteiger charge is 2.60. The van der Waals surface area contributed by atoms with Gasteiger partial charge in [-0.15, -0.1) is 0 Å². The zero-order valence-corrected chi connectivity index (χ0v) is 96.4. The SMILES string of the molecule is CCCCc1c2c(c(-c3ccc(N(c4ccc(-c5c6c(c(CCCC)c7c5C(C)(C)CC7(C)C)C(C)(C)CC6(C)C)cc4)c4ccc([C@H]5[C@@H](O)[C@@H](c6ccc(N(c7ccc(-c8c9c(c(CCCC)c%10c8C(C)(C)CC%10(C)C)C(C)(C)CC9(C)C)cc7)c7ccc(-c8c9c(c(CCCC)c%10c8C(C)(C)CC%10(C)C)C(C)(C)CC9(C)C)cc7)cc6O)C(O)[C@@H]5C)c(O)c4)cc3)c3c1C(C)(C)CC3(C)C)C(C)(C)CC2(C)C. The predicted molar refractivity (Wildman–Crippen MR) is 614 cm³/mol. The van der Waals surface area contributed by atoms with Gasteiger partial charge < -0.3 is 30.2 Å². The molecule has 0 amide bonds. The number of benzene rings is 10.